The summed E-state index contributed by atoms with van der Waals surface area (Å²) in [5.74, 6) is -0.802. The number of likely N-dealkylation sites (tertiary alicyclic amines) is 1. The molecule has 3 aromatic rings. The summed E-state index contributed by atoms with van der Waals surface area (Å²) in [6, 6.07) is 20.5. The van der Waals surface area contributed by atoms with Crippen molar-refractivity contribution in [1.29, 1.82) is 0 Å². The Balaban J connectivity index is 0.000000186. The van der Waals surface area contributed by atoms with E-state index in [1.807, 2.05) is 30.3 Å². The molecule has 5 rings (SSSR count). The van der Waals surface area contributed by atoms with Crippen molar-refractivity contribution >= 4 is 23.3 Å². The number of primary amides is 1. The molecule has 1 heterocycles. The van der Waals surface area contributed by atoms with Gasteiger partial charge in [-0.05, 0) is 106 Å². The van der Waals surface area contributed by atoms with Gasteiger partial charge >= 0.3 is 0 Å². The maximum atomic E-state index is 11.4. The van der Waals surface area contributed by atoms with Crippen LogP contribution >= 0.6 is 11.6 Å². The number of nitrogens with zero attached hydrogens (tertiary/aromatic N) is 1. The number of Topliss-reactive ketones (excluding diaryl/α,β-unsaturated/α-hetero) is 1. The maximum absolute atomic E-state index is 11.4. The quantitative estimate of drug-likeness (QED) is 0.228. The zero-order valence-electron chi connectivity index (χ0n) is 23.4. The number of ether oxygens (including phenoxy) is 1. The molecule has 3 aromatic carbocycles. The number of amides is 1. The first-order valence-corrected chi connectivity index (χ1v) is 14.4. The number of hydrogen-bond donors (Lipinski definition) is 2. The first kappa shape index (κ1) is 29.8. The van der Waals surface area contributed by atoms with Crippen molar-refractivity contribution in [1.82, 2.24) is 4.90 Å². The van der Waals surface area contributed by atoms with Crippen molar-refractivity contribution in [2.75, 3.05) is 19.6 Å². The van der Waals surface area contributed by atoms with Crippen LogP contribution in [0.5, 0.6) is 5.75 Å². The SMILES string of the molecule is CC(C)(O)c1ccc(-c2ccc(C(=O)C(N)=O)cc2)cc1.Clc1cc(CCCN2CCCC2)ccc1OC1CC1. The summed E-state index contributed by atoms with van der Waals surface area (Å²) in [6.45, 7) is 7.25. The Kier molecular flexibility index (Phi) is 10.0. The fourth-order valence-corrected chi connectivity index (χ4v) is 4.95. The molecule has 0 bridgehead atoms. The molecular weight excluding hydrogens is 524 g/mol. The Labute approximate surface area is 242 Å². The number of carbonyl (C=O) groups is 2. The highest BCUT2D eigenvalue weighted by molar-refractivity contribution is 6.42. The Morgan fingerprint density at radius 3 is 2.10 bits per heavy atom. The number of aryl methyl sites for hydroxylation is 1. The summed E-state index contributed by atoms with van der Waals surface area (Å²) >= 11 is 6.27. The summed E-state index contributed by atoms with van der Waals surface area (Å²) in [5, 5.41) is 10.7. The molecule has 3 N–H and O–H groups in total. The summed E-state index contributed by atoms with van der Waals surface area (Å²) in [6.07, 6.45) is 7.84. The zero-order chi connectivity index (χ0) is 28.7. The van der Waals surface area contributed by atoms with Crippen molar-refractivity contribution in [3.05, 3.63) is 88.4 Å². The van der Waals surface area contributed by atoms with Crippen LogP contribution < -0.4 is 10.5 Å². The molecule has 212 valence electrons. The second kappa shape index (κ2) is 13.4. The van der Waals surface area contributed by atoms with E-state index in [9.17, 15) is 14.7 Å². The van der Waals surface area contributed by atoms with E-state index in [-0.39, 0.29) is 5.56 Å². The highest BCUT2D eigenvalue weighted by Crippen LogP contribution is 2.32. The third-order valence-corrected chi connectivity index (χ3v) is 7.54. The summed E-state index contributed by atoms with van der Waals surface area (Å²) in [5.41, 5.74) is 8.39. The lowest BCUT2D eigenvalue weighted by Crippen LogP contribution is -2.22. The minimum atomic E-state index is -0.961. The van der Waals surface area contributed by atoms with E-state index in [2.05, 4.69) is 17.0 Å². The number of carbonyl (C=O) groups excluding carboxylic acids is 2. The van der Waals surface area contributed by atoms with Gasteiger partial charge in [-0.3, -0.25) is 9.59 Å². The van der Waals surface area contributed by atoms with E-state index in [1.165, 1.54) is 57.3 Å². The fourth-order valence-electron chi connectivity index (χ4n) is 4.70. The molecule has 6 nitrogen and oxygen atoms in total. The van der Waals surface area contributed by atoms with Crippen LogP contribution in [0, 0.1) is 0 Å². The van der Waals surface area contributed by atoms with Crippen LogP contribution in [0.1, 0.15) is 67.4 Å². The molecule has 0 radical (unpaired) electrons. The van der Waals surface area contributed by atoms with E-state index < -0.39 is 17.3 Å². The van der Waals surface area contributed by atoms with Crippen molar-refractivity contribution < 1.29 is 19.4 Å². The van der Waals surface area contributed by atoms with Crippen LogP contribution in [-0.2, 0) is 16.8 Å². The van der Waals surface area contributed by atoms with Gasteiger partial charge in [0.2, 0.25) is 5.78 Å². The predicted molar refractivity (Wildman–Crippen MR) is 160 cm³/mol. The smallest absolute Gasteiger partial charge is 0.289 e. The van der Waals surface area contributed by atoms with E-state index >= 15 is 0 Å². The lowest BCUT2D eigenvalue weighted by atomic mass is 9.95. The molecule has 1 saturated carbocycles. The van der Waals surface area contributed by atoms with Crippen molar-refractivity contribution in [2.24, 2.45) is 5.73 Å². The second-order valence-electron chi connectivity index (χ2n) is 11.1. The van der Waals surface area contributed by atoms with E-state index in [0.717, 1.165) is 33.9 Å². The van der Waals surface area contributed by atoms with Crippen LogP contribution in [-0.4, -0.2) is 47.4 Å². The van der Waals surface area contributed by atoms with Gasteiger partial charge < -0.3 is 20.5 Å². The topological polar surface area (TPSA) is 92.9 Å². The average molecular weight is 563 g/mol. The molecule has 1 amide bonds. The van der Waals surface area contributed by atoms with Crippen molar-refractivity contribution in [3.63, 3.8) is 0 Å². The third-order valence-electron chi connectivity index (χ3n) is 7.25. The van der Waals surface area contributed by atoms with Gasteiger partial charge in [-0.2, -0.15) is 0 Å². The molecule has 0 aromatic heterocycles. The number of nitrogens with two attached hydrogens (primary N) is 1. The standard InChI is InChI=1S/C17H17NO3.C16H22ClNO/c1-17(2,21)14-9-7-12(8-10-14)11-3-5-13(6-4-11)15(19)16(18)20;17-15-12-13(4-3-11-18-9-1-2-10-18)5-8-16(15)19-14-6-7-14/h3-10,21H,1-2H3,(H2,18,20);5,8,12,14H,1-4,6-7,9-11H2. The fraction of sp³-hybridized carbons (Fsp3) is 0.394. The van der Waals surface area contributed by atoms with Crippen LogP contribution in [0.2, 0.25) is 5.02 Å². The van der Waals surface area contributed by atoms with Gasteiger partial charge in [-0.15, -0.1) is 0 Å². The van der Waals surface area contributed by atoms with Gasteiger partial charge in [-0.1, -0.05) is 66.2 Å². The Morgan fingerprint density at radius 1 is 0.975 bits per heavy atom. The highest BCUT2D eigenvalue weighted by Gasteiger charge is 2.24. The van der Waals surface area contributed by atoms with Crippen molar-refractivity contribution in [3.8, 4) is 16.9 Å². The lowest BCUT2D eigenvalue weighted by Gasteiger charge is -2.17. The van der Waals surface area contributed by atoms with Gasteiger partial charge in [-0.25, -0.2) is 0 Å². The first-order chi connectivity index (χ1) is 19.1. The highest BCUT2D eigenvalue weighted by atomic mass is 35.5. The maximum Gasteiger partial charge on any atom is 0.289 e. The molecule has 1 saturated heterocycles. The van der Waals surface area contributed by atoms with Crippen LogP contribution in [0.4, 0.5) is 0 Å². The van der Waals surface area contributed by atoms with E-state index in [0.29, 0.717) is 6.10 Å². The first-order valence-electron chi connectivity index (χ1n) is 14.0. The monoisotopic (exact) mass is 562 g/mol. The number of benzene rings is 3. The largest absolute Gasteiger partial charge is 0.489 e. The van der Waals surface area contributed by atoms with Gasteiger partial charge in [0.1, 0.15) is 5.75 Å². The van der Waals surface area contributed by atoms with Gasteiger partial charge in [0, 0.05) is 5.56 Å². The summed E-state index contributed by atoms with van der Waals surface area (Å²) < 4.78 is 5.76. The molecule has 1 aliphatic heterocycles. The molecule has 7 heteroatoms. The Bertz CT molecular complexity index is 1290. The molecular formula is C33H39ClN2O4. The summed E-state index contributed by atoms with van der Waals surface area (Å²) in [7, 11) is 0. The van der Waals surface area contributed by atoms with Crippen molar-refractivity contribution in [2.45, 2.75) is 64.1 Å². The second-order valence-corrected chi connectivity index (χ2v) is 11.5. The van der Waals surface area contributed by atoms with Crippen LogP contribution in [0.25, 0.3) is 11.1 Å². The Hall–Kier alpha value is -3.19. The number of halogens is 1. The molecule has 0 spiro atoms. The molecule has 1 aliphatic carbocycles. The predicted octanol–water partition coefficient (Wildman–Crippen LogP) is 6.16. The van der Waals surface area contributed by atoms with E-state index in [1.54, 1.807) is 38.1 Å². The number of hydrogen-bond acceptors (Lipinski definition) is 5. The van der Waals surface area contributed by atoms with E-state index in [4.69, 9.17) is 22.1 Å². The van der Waals surface area contributed by atoms with Crippen LogP contribution in [0.15, 0.2) is 66.7 Å². The molecule has 0 atom stereocenters. The summed E-state index contributed by atoms with van der Waals surface area (Å²) in [4.78, 5) is 24.8. The minimum absolute atomic E-state index is 0.277. The minimum Gasteiger partial charge on any atom is -0.489 e. The molecule has 2 fully saturated rings. The number of ketones is 1. The molecule has 2 aliphatic rings. The number of aliphatic hydroxyl groups is 1. The lowest BCUT2D eigenvalue weighted by molar-refractivity contribution is -0.114. The Morgan fingerprint density at radius 2 is 1.57 bits per heavy atom. The van der Waals surface area contributed by atoms with Gasteiger partial charge in [0.15, 0.2) is 0 Å². The van der Waals surface area contributed by atoms with Gasteiger partial charge in [0.05, 0.1) is 16.7 Å². The zero-order valence-corrected chi connectivity index (χ0v) is 24.1. The normalized spacial score (nSPS) is 15.3. The third kappa shape index (κ3) is 8.65. The van der Waals surface area contributed by atoms with Crippen LogP contribution in [0.3, 0.4) is 0 Å². The molecule has 40 heavy (non-hydrogen) atoms. The molecule has 0 unspecified atom stereocenters. The average Bonchev–Trinajstić information content (AvgIpc) is 3.61. The number of rotatable bonds is 10. The van der Waals surface area contributed by atoms with Gasteiger partial charge in [0.25, 0.3) is 5.91 Å².